The summed E-state index contributed by atoms with van der Waals surface area (Å²) >= 11 is 3.08. The van der Waals surface area contributed by atoms with Crippen molar-refractivity contribution in [3.63, 3.8) is 0 Å². The molecule has 0 unspecified atom stereocenters. The Hall–Kier alpha value is -1.87. The van der Waals surface area contributed by atoms with Crippen LogP contribution in [0.4, 0.5) is 4.79 Å². The number of hydrogen-bond acceptors (Lipinski definition) is 6. The molecule has 7 nitrogen and oxygen atoms in total. The molecule has 1 saturated heterocycles. The smallest absolute Gasteiger partial charge is 0.324 e. The number of fused-ring (bicyclic) bond motifs is 2. The molecule has 2 aliphatic carbocycles. The van der Waals surface area contributed by atoms with Crippen LogP contribution in [-0.2, 0) is 4.79 Å². The van der Waals surface area contributed by atoms with Gasteiger partial charge in [-0.25, -0.2) is 4.79 Å². The summed E-state index contributed by atoms with van der Waals surface area (Å²) in [7, 11) is 0. The summed E-state index contributed by atoms with van der Waals surface area (Å²) in [5, 5.41) is 14.2. The zero-order chi connectivity index (χ0) is 20.8. The quantitative estimate of drug-likeness (QED) is 0.679. The monoisotopic (exact) mass is 445 g/mol. The molecule has 2 bridgehead atoms. The van der Waals surface area contributed by atoms with Gasteiger partial charge in [0.1, 0.15) is 0 Å². The first-order valence-corrected chi connectivity index (χ1v) is 12.5. The number of thiophene rings is 1. The molecule has 2 saturated carbocycles. The van der Waals surface area contributed by atoms with Gasteiger partial charge in [0.15, 0.2) is 11.0 Å². The molecule has 2 aromatic rings. The standard InChI is InChI=1S/C21H27N5O2S2/c1-12(16-11-14-5-6-15(16)10-14)26-18(17-4-3-9-29-17)23-24-21(26)30-13(2)19(27)25-8-7-22-20(25)28/h3-4,9,12-16H,5-8,10-11H2,1-2H3,(H,22,28)/t12-,13-,14-,15-,16+/m0/s1. The molecule has 0 aromatic carbocycles. The number of nitrogens with one attached hydrogen (secondary N) is 1. The van der Waals surface area contributed by atoms with Crippen LogP contribution < -0.4 is 5.32 Å². The van der Waals surface area contributed by atoms with E-state index in [1.54, 1.807) is 11.3 Å². The zero-order valence-electron chi connectivity index (χ0n) is 17.3. The highest BCUT2D eigenvalue weighted by Gasteiger charge is 2.43. The summed E-state index contributed by atoms with van der Waals surface area (Å²) in [5.41, 5.74) is 0. The van der Waals surface area contributed by atoms with E-state index in [-0.39, 0.29) is 18.0 Å². The van der Waals surface area contributed by atoms with E-state index in [2.05, 4.69) is 38.5 Å². The van der Waals surface area contributed by atoms with Gasteiger partial charge in [-0.1, -0.05) is 24.2 Å². The number of thioether (sulfide) groups is 1. The van der Waals surface area contributed by atoms with E-state index >= 15 is 0 Å². The molecule has 3 heterocycles. The van der Waals surface area contributed by atoms with E-state index in [4.69, 9.17) is 0 Å². The van der Waals surface area contributed by atoms with E-state index in [0.29, 0.717) is 19.0 Å². The molecular weight excluding hydrogens is 418 g/mol. The number of urea groups is 1. The van der Waals surface area contributed by atoms with Gasteiger partial charge in [-0.2, -0.15) is 0 Å². The molecule has 1 N–H and O–H groups in total. The highest BCUT2D eigenvalue weighted by Crippen LogP contribution is 2.53. The number of nitrogens with zero attached hydrogens (tertiary/aromatic N) is 4. The second kappa shape index (κ2) is 8.00. The van der Waals surface area contributed by atoms with Crippen molar-refractivity contribution in [2.45, 2.75) is 56.0 Å². The summed E-state index contributed by atoms with van der Waals surface area (Å²) in [4.78, 5) is 27.1. The van der Waals surface area contributed by atoms with Crippen molar-refractivity contribution < 1.29 is 9.59 Å². The van der Waals surface area contributed by atoms with Gasteiger partial charge >= 0.3 is 6.03 Å². The van der Waals surface area contributed by atoms with Crippen LogP contribution in [0.1, 0.15) is 45.6 Å². The Balaban J connectivity index is 1.43. The maximum absolute atomic E-state index is 12.8. The van der Waals surface area contributed by atoms with Crippen molar-refractivity contribution in [2.75, 3.05) is 13.1 Å². The molecule has 9 heteroatoms. The lowest BCUT2D eigenvalue weighted by Crippen LogP contribution is -2.39. The molecule has 3 amide bonds. The van der Waals surface area contributed by atoms with Crippen molar-refractivity contribution in [3.8, 4) is 10.7 Å². The van der Waals surface area contributed by atoms with Crippen LogP contribution in [0.3, 0.4) is 0 Å². The Labute approximate surface area is 184 Å². The number of imide groups is 1. The normalized spacial score (nSPS) is 27.5. The van der Waals surface area contributed by atoms with E-state index in [1.807, 2.05) is 13.0 Å². The maximum atomic E-state index is 12.8. The predicted molar refractivity (Wildman–Crippen MR) is 117 cm³/mol. The lowest BCUT2D eigenvalue weighted by atomic mass is 9.84. The molecule has 3 fully saturated rings. The first-order chi connectivity index (χ1) is 14.5. The van der Waals surface area contributed by atoms with Crippen LogP contribution in [0.5, 0.6) is 0 Å². The summed E-state index contributed by atoms with van der Waals surface area (Å²) in [5.74, 6) is 3.01. The van der Waals surface area contributed by atoms with Crippen LogP contribution in [0.25, 0.3) is 10.7 Å². The lowest BCUT2D eigenvalue weighted by molar-refractivity contribution is -0.126. The zero-order valence-corrected chi connectivity index (χ0v) is 18.9. The summed E-state index contributed by atoms with van der Waals surface area (Å²) in [6, 6.07) is 4.10. The predicted octanol–water partition coefficient (Wildman–Crippen LogP) is 4.04. The third-order valence-electron chi connectivity index (χ3n) is 6.98. The number of carbonyl (C=O) groups excluding carboxylic acids is 2. The second-order valence-corrected chi connectivity index (χ2v) is 11.0. The van der Waals surface area contributed by atoms with Crippen molar-refractivity contribution in [3.05, 3.63) is 17.5 Å². The van der Waals surface area contributed by atoms with Crippen LogP contribution in [-0.4, -0.2) is 49.9 Å². The minimum absolute atomic E-state index is 0.171. The summed E-state index contributed by atoms with van der Waals surface area (Å²) in [6.07, 6.45) is 5.34. The minimum Gasteiger partial charge on any atom is -0.336 e. The average Bonchev–Trinajstić information content (AvgIpc) is 3.55. The number of rotatable bonds is 6. The molecule has 1 aliphatic heterocycles. The Morgan fingerprint density at radius 1 is 1.30 bits per heavy atom. The second-order valence-electron chi connectivity index (χ2n) is 8.71. The molecule has 0 spiro atoms. The first-order valence-electron chi connectivity index (χ1n) is 10.8. The Kier molecular flexibility index (Phi) is 5.35. The van der Waals surface area contributed by atoms with E-state index in [9.17, 15) is 9.59 Å². The third-order valence-corrected chi connectivity index (χ3v) is 8.89. The number of carbonyl (C=O) groups is 2. The summed E-state index contributed by atoms with van der Waals surface area (Å²) < 4.78 is 2.26. The molecular formula is C21H27N5O2S2. The van der Waals surface area contributed by atoms with E-state index in [0.717, 1.165) is 27.7 Å². The van der Waals surface area contributed by atoms with Crippen molar-refractivity contribution >= 4 is 35.0 Å². The summed E-state index contributed by atoms with van der Waals surface area (Å²) in [6.45, 7) is 5.08. The van der Waals surface area contributed by atoms with Gasteiger partial charge in [0.25, 0.3) is 0 Å². The molecule has 5 rings (SSSR count). The van der Waals surface area contributed by atoms with Gasteiger partial charge in [-0.15, -0.1) is 21.5 Å². The van der Waals surface area contributed by atoms with Crippen molar-refractivity contribution in [1.82, 2.24) is 25.0 Å². The Bertz CT molecular complexity index is 943. The Morgan fingerprint density at radius 2 is 2.17 bits per heavy atom. The maximum Gasteiger partial charge on any atom is 0.324 e. The van der Waals surface area contributed by atoms with Crippen LogP contribution in [0.15, 0.2) is 22.7 Å². The molecule has 0 radical (unpaired) electrons. The fourth-order valence-corrected chi connectivity index (χ4v) is 7.19. The van der Waals surface area contributed by atoms with Crippen molar-refractivity contribution in [1.29, 1.82) is 0 Å². The topological polar surface area (TPSA) is 80.1 Å². The number of amides is 3. The lowest BCUT2D eigenvalue weighted by Gasteiger charge is -2.30. The molecule has 2 aromatic heterocycles. The third kappa shape index (κ3) is 3.45. The van der Waals surface area contributed by atoms with Crippen molar-refractivity contribution in [2.24, 2.45) is 17.8 Å². The number of hydrogen-bond donors (Lipinski definition) is 1. The highest BCUT2D eigenvalue weighted by atomic mass is 32.2. The van der Waals surface area contributed by atoms with Crippen LogP contribution in [0, 0.1) is 17.8 Å². The molecule has 30 heavy (non-hydrogen) atoms. The van der Waals surface area contributed by atoms with Crippen LogP contribution >= 0.6 is 23.1 Å². The first kappa shape index (κ1) is 20.1. The molecule has 3 aliphatic rings. The highest BCUT2D eigenvalue weighted by molar-refractivity contribution is 8.00. The van der Waals surface area contributed by atoms with E-state index in [1.165, 1.54) is 42.3 Å². The minimum atomic E-state index is -0.403. The molecule has 160 valence electrons. The SMILES string of the molecule is C[C@H](Sc1nnc(-c2cccs2)n1[C@@H](C)[C@H]1C[C@H]2CC[C@H]1C2)C(=O)N1CCNC1=O. The average molecular weight is 446 g/mol. The van der Waals surface area contributed by atoms with Gasteiger partial charge in [-0.05, 0) is 62.3 Å². The van der Waals surface area contributed by atoms with Gasteiger partial charge in [0.05, 0.1) is 10.1 Å². The Morgan fingerprint density at radius 3 is 2.80 bits per heavy atom. The van der Waals surface area contributed by atoms with Crippen LogP contribution in [0.2, 0.25) is 0 Å². The van der Waals surface area contributed by atoms with Gasteiger partial charge in [0, 0.05) is 19.1 Å². The van der Waals surface area contributed by atoms with Gasteiger partial charge in [-0.3, -0.25) is 14.3 Å². The van der Waals surface area contributed by atoms with Gasteiger partial charge in [0.2, 0.25) is 5.91 Å². The van der Waals surface area contributed by atoms with Gasteiger partial charge < -0.3 is 5.32 Å². The van der Waals surface area contributed by atoms with E-state index < -0.39 is 5.25 Å². The molecule has 5 atom stereocenters. The fourth-order valence-electron chi connectivity index (χ4n) is 5.48. The largest absolute Gasteiger partial charge is 0.336 e. The fraction of sp³-hybridized carbons (Fsp3) is 0.619. The number of aromatic nitrogens is 3.